The molecule has 0 aliphatic rings. The van der Waals surface area contributed by atoms with Crippen LogP contribution in [0.2, 0.25) is 0 Å². The van der Waals surface area contributed by atoms with Crippen molar-refractivity contribution in [3.05, 3.63) is 39.9 Å². The molecule has 0 aromatic heterocycles. The number of nitrogens with zero attached hydrogens (tertiary/aromatic N) is 2. The van der Waals surface area contributed by atoms with Crippen molar-refractivity contribution >= 4 is 17.7 Å². The zero-order valence-electron chi connectivity index (χ0n) is 15.1. The lowest BCUT2D eigenvalue weighted by atomic mass is 9.95. The van der Waals surface area contributed by atoms with E-state index < -0.39 is 22.3 Å². The van der Waals surface area contributed by atoms with Gasteiger partial charge in [-0.05, 0) is 58.7 Å². The van der Waals surface area contributed by atoms with Crippen molar-refractivity contribution in [3.8, 4) is 0 Å². The number of nitrogens with two attached hydrogens (primary N) is 1. The smallest absolute Gasteiger partial charge is 0.408 e. The first kappa shape index (κ1) is 20.2. The second-order valence-corrected chi connectivity index (χ2v) is 7.23. The zero-order chi connectivity index (χ0) is 19.3. The van der Waals surface area contributed by atoms with Crippen LogP contribution in [0.5, 0.6) is 0 Å². The van der Waals surface area contributed by atoms with E-state index in [-0.39, 0.29) is 5.96 Å². The van der Waals surface area contributed by atoms with Crippen molar-refractivity contribution in [2.75, 3.05) is 5.32 Å². The Kier molecular flexibility index (Phi) is 6.32. The van der Waals surface area contributed by atoms with Gasteiger partial charge in [0.2, 0.25) is 0 Å². The maximum atomic E-state index is 11.9. The Balaban J connectivity index is 2.67. The molecule has 1 aromatic carbocycles. The average molecular weight is 351 g/mol. The van der Waals surface area contributed by atoms with E-state index in [1.54, 1.807) is 32.9 Å². The number of nitrogens with one attached hydrogen (secondary N) is 2. The number of carbonyl (C=O) groups excluding carboxylic acids is 1. The molecule has 0 heterocycles. The summed E-state index contributed by atoms with van der Waals surface area (Å²) in [5.74, 6) is -0.301. The van der Waals surface area contributed by atoms with Gasteiger partial charge in [0.05, 0.1) is 0 Å². The van der Waals surface area contributed by atoms with E-state index in [0.717, 1.165) is 5.56 Å². The first-order valence-electron chi connectivity index (χ1n) is 7.72. The van der Waals surface area contributed by atoms with E-state index in [2.05, 4.69) is 15.7 Å². The minimum atomic E-state index is -0.873. The van der Waals surface area contributed by atoms with E-state index in [1.165, 1.54) is 0 Å². The van der Waals surface area contributed by atoms with Crippen LogP contribution in [0.15, 0.2) is 29.4 Å². The van der Waals surface area contributed by atoms with Crippen LogP contribution < -0.4 is 16.4 Å². The first-order valence-corrected chi connectivity index (χ1v) is 7.72. The fourth-order valence-corrected chi connectivity index (χ4v) is 2.10. The van der Waals surface area contributed by atoms with Gasteiger partial charge in [-0.15, -0.1) is 0 Å². The van der Waals surface area contributed by atoms with Crippen molar-refractivity contribution in [2.24, 2.45) is 10.8 Å². The van der Waals surface area contributed by atoms with Crippen molar-refractivity contribution in [2.45, 2.75) is 52.2 Å². The number of carbonyl (C=O) groups is 1. The van der Waals surface area contributed by atoms with Gasteiger partial charge in [0.25, 0.3) is 5.96 Å². The highest BCUT2D eigenvalue weighted by Gasteiger charge is 2.24. The highest BCUT2D eigenvalue weighted by atomic mass is 16.7. The van der Waals surface area contributed by atoms with Crippen molar-refractivity contribution in [1.82, 2.24) is 5.32 Å². The molecule has 9 heteroatoms. The molecule has 0 radical (unpaired) electrons. The molecular formula is C16H25N5O4. The normalized spacial score (nSPS) is 12.4. The minimum absolute atomic E-state index is 0.301. The predicted octanol–water partition coefficient (Wildman–Crippen LogP) is 2.45. The molecule has 0 aliphatic carbocycles. The first-order chi connectivity index (χ1) is 11.4. The van der Waals surface area contributed by atoms with E-state index in [1.807, 2.05) is 26.0 Å². The molecule has 1 amide bonds. The molecule has 1 aromatic rings. The average Bonchev–Trinajstić information content (AvgIpc) is 2.36. The predicted molar refractivity (Wildman–Crippen MR) is 95.8 cm³/mol. The number of rotatable bonds is 5. The second kappa shape index (κ2) is 7.82. The summed E-state index contributed by atoms with van der Waals surface area (Å²) in [6.07, 6.45) is 0.102. The van der Waals surface area contributed by atoms with E-state index in [4.69, 9.17) is 10.5 Å². The van der Waals surface area contributed by atoms with Crippen LogP contribution in [0.25, 0.3) is 0 Å². The van der Waals surface area contributed by atoms with Gasteiger partial charge in [-0.2, -0.15) is 0 Å². The number of hydrogen-bond donors (Lipinski definition) is 3. The molecule has 1 rings (SSSR count). The van der Waals surface area contributed by atoms with Crippen LogP contribution in [-0.2, 0) is 11.2 Å². The number of nitro groups is 1. The number of hydrazone groups is 1. The Hall–Kier alpha value is -2.84. The number of ether oxygens (including phenoxy) is 1. The maximum Gasteiger partial charge on any atom is 0.408 e. The lowest BCUT2D eigenvalue weighted by molar-refractivity contribution is -0.485. The molecule has 0 aliphatic heterocycles. The molecular weight excluding hydrogens is 326 g/mol. The van der Waals surface area contributed by atoms with Crippen LogP contribution in [-0.4, -0.2) is 28.2 Å². The molecule has 138 valence electrons. The van der Waals surface area contributed by atoms with Crippen molar-refractivity contribution < 1.29 is 14.6 Å². The third-order valence-corrected chi connectivity index (χ3v) is 2.90. The summed E-state index contributed by atoms with van der Waals surface area (Å²) in [5, 5.41) is 17.8. The summed E-state index contributed by atoms with van der Waals surface area (Å²) < 4.78 is 5.26. The molecule has 4 N–H and O–H groups in total. The number of alkyl carbamates (subject to hydrolysis) is 1. The van der Waals surface area contributed by atoms with Crippen LogP contribution in [0, 0.1) is 10.1 Å². The van der Waals surface area contributed by atoms with Crippen LogP contribution in [0.1, 0.15) is 40.2 Å². The van der Waals surface area contributed by atoms with Crippen LogP contribution in [0.4, 0.5) is 10.5 Å². The van der Waals surface area contributed by atoms with Gasteiger partial charge in [0, 0.05) is 11.2 Å². The Bertz CT molecular complexity index is 647. The van der Waals surface area contributed by atoms with Gasteiger partial charge in [0.15, 0.2) is 5.03 Å². The highest BCUT2D eigenvalue weighted by molar-refractivity contribution is 5.91. The third-order valence-electron chi connectivity index (χ3n) is 2.90. The quantitative estimate of drug-likeness (QED) is 0.323. The molecule has 0 atom stereocenters. The summed E-state index contributed by atoms with van der Waals surface area (Å²) in [4.78, 5) is 22.1. The molecule has 9 nitrogen and oxygen atoms in total. The van der Waals surface area contributed by atoms with Gasteiger partial charge in [0.1, 0.15) is 10.7 Å². The summed E-state index contributed by atoms with van der Waals surface area (Å²) in [6, 6.07) is 7.11. The fourth-order valence-electron chi connectivity index (χ4n) is 2.10. The van der Waals surface area contributed by atoms with Gasteiger partial charge in [-0.25, -0.2) is 14.9 Å². The molecule has 0 saturated heterocycles. The number of amides is 1. The maximum absolute atomic E-state index is 11.9. The molecule has 0 spiro atoms. The largest absolute Gasteiger partial charge is 0.444 e. The lowest BCUT2D eigenvalue weighted by Crippen LogP contribution is -2.47. The lowest BCUT2D eigenvalue weighted by Gasteiger charge is -2.28. The Morgan fingerprint density at radius 2 is 1.80 bits per heavy atom. The summed E-state index contributed by atoms with van der Waals surface area (Å²) in [5.41, 5.74) is 5.86. The third kappa shape index (κ3) is 8.54. The number of guanidine groups is 1. The summed E-state index contributed by atoms with van der Waals surface area (Å²) in [7, 11) is 0. The molecule has 0 unspecified atom stereocenters. The molecule has 0 saturated carbocycles. The van der Waals surface area contributed by atoms with E-state index in [0.29, 0.717) is 12.1 Å². The number of hydrogen-bond acceptors (Lipinski definition) is 4. The zero-order valence-corrected chi connectivity index (χ0v) is 15.1. The van der Waals surface area contributed by atoms with Gasteiger partial charge in [-0.1, -0.05) is 12.1 Å². The van der Waals surface area contributed by atoms with Gasteiger partial charge in [-0.3, -0.25) is 0 Å². The topological polar surface area (TPSA) is 132 Å². The number of benzene rings is 1. The summed E-state index contributed by atoms with van der Waals surface area (Å²) >= 11 is 0. The van der Waals surface area contributed by atoms with Gasteiger partial charge < -0.3 is 21.1 Å². The molecule has 25 heavy (non-hydrogen) atoms. The van der Waals surface area contributed by atoms with Gasteiger partial charge >= 0.3 is 6.09 Å². The van der Waals surface area contributed by atoms with Crippen molar-refractivity contribution in [3.63, 3.8) is 0 Å². The Morgan fingerprint density at radius 1 is 1.24 bits per heavy atom. The highest BCUT2D eigenvalue weighted by Crippen LogP contribution is 2.17. The second-order valence-electron chi connectivity index (χ2n) is 7.23. The SMILES string of the molecule is CC(C)(Cc1ccc(NC(N)=N[N+](=O)[O-])cc1)NC(=O)OC(C)(C)C. The summed E-state index contributed by atoms with van der Waals surface area (Å²) in [6.45, 7) is 9.20. The van der Waals surface area contributed by atoms with E-state index in [9.17, 15) is 14.9 Å². The van der Waals surface area contributed by atoms with E-state index >= 15 is 0 Å². The standard InChI is InChI=1S/C16H25N5O4/c1-15(2,3)25-14(22)19-16(4,5)10-11-6-8-12(9-7-11)18-13(17)20-21(23)24/h6-9H,10H2,1-5H3,(H,19,22)(H3,17,18,20). The van der Waals surface area contributed by atoms with Crippen LogP contribution >= 0.6 is 0 Å². The Labute approximate surface area is 146 Å². The Morgan fingerprint density at radius 3 is 2.28 bits per heavy atom. The molecule has 0 fully saturated rings. The van der Waals surface area contributed by atoms with Crippen LogP contribution in [0.3, 0.4) is 0 Å². The molecule has 0 bridgehead atoms. The monoisotopic (exact) mass is 351 g/mol. The van der Waals surface area contributed by atoms with Crippen molar-refractivity contribution in [1.29, 1.82) is 0 Å². The number of anilines is 1. The fraction of sp³-hybridized carbons (Fsp3) is 0.500. The minimum Gasteiger partial charge on any atom is -0.444 e.